The van der Waals surface area contributed by atoms with E-state index in [0.717, 1.165) is 12.2 Å². The smallest absolute Gasteiger partial charge is 0.134 e. The fraction of sp³-hybridized carbons (Fsp3) is 0.533. The minimum atomic E-state index is 0.0288. The molecule has 1 aromatic rings. The first-order valence-corrected chi connectivity index (χ1v) is 6.81. The summed E-state index contributed by atoms with van der Waals surface area (Å²) in [5, 5.41) is 7.63. The maximum absolute atomic E-state index is 7.63. The van der Waals surface area contributed by atoms with Gasteiger partial charge in [-0.15, -0.1) is 0 Å². The summed E-state index contributed by atoms with van der Waals surface area (Å²) in [6.07, 6.45) is 4.95. The van der Waals surface area contributed by atoms with Crippen molar-refractivity contribution in [1.82, 2.24) is 0 Å². The molecule has 1 aliphatic rings. The molecule has 0 heterocycles. The van der Waals surface area contributed by atoms with Crippen molar-refractivity contribution >= 4 is 5.84 Å². The standard InChI is InChI=1S/C15H22N2O2/c1-10-5-3-4-6-13(10)19-14-9-11(18-2)7-8-12(14)15(16)17/h7-10,13H,3-6H2,1-2H3,(H3,16,17). The van der Waals surface area contributed by atoms with E-state index in [4.69, 9.17) is 20.6 Å². The maximum Gasteiger partial charge on any atom is 0.134 e. The number of ether oxygens (including phenoxy) is 2. The zero-order chi connectivity index (χ0) is 13.8. The summed E-state index contributed by atoms with van der Waals surface area (Å²) in [5.41, 5.74) is 6.25. The van der Waals surface area contributed by atoms with Gasteiger partial charge >= 0.3 is 0 Å². The summed E-state index contributed by atoms with van der Waals surface area (Å²) in [4.78, 5) is 0. The number of hydrogen-bond donors (Lipinski definition) is 2. The van der Waals surface area contributed by atoms with Crippen LogP contribution < -0.4 is 15.2 Å². The van der Waals surface area contributed by atoms with Crippen molar-refractivity contribution in [3.63, 3.8) is 0 Å². The molecule has 2 unspecified atom stereocenters. The van der Waals surface area contributed by atoms with Crippen LogP contribution in [0, 0.1) is 11.3 Å². The molecule has 0 spiro atoms. The summed E-state index contributed by atoms with van der Waals surface area (Å²) in [6, 6.07) is 5.40. The van der Waals surface area contributed by atoms with Gasteiger partial charge in [-0.05, 0) is 37.3 Å². The largest absolute Gasteiger partial charge is 0.497 e. The fourth-order valence-electron chi connectivity index (χ4n) is 2.57. The van der Waals surface area contributed by atoms with E-state index in [0.29, 0.717) is 17.2 Å². The van der Waals surface area contributed by atoms with Crippen LogP contribution in [-0.2, 0) is 0 Å². The van der Waals surface area contributed by atoms with E-state index in [2.05, 4.69) is 6.92 Å². The molecule has 104 valence electrons. The third-order valence-corrected chi connectivity index (χ3v) is 3.79. The lowest BCUT2D eigenvalue weighted by atomic mass is 9.88. The quantitative estimate of drug-likeness (QED) is 0.647. The van der Waals surface area contributed by atoms with Crippen LogP contribution in [0.25, 0.3) is 0 Å². The highest BCUT2D eigenvalue weighted by molar-refractivity contribution is 5.97. The third-order valence-electron chi connectivity index (χ3n) is 3.79. The number of nitrogens with one attached hydrogen (secondary N) is 1. The third kappa shape index (κ3) is 3.19. The zero-order valence-corrected chi connectivity index (χ0v) is 11.6. The molecule has 1 aliphatic carbocycles. The Hall–Kier alpha value is -1.71. The zero-order valence-electron chi connectivity index (χ0n) is 11.6. The average Bonchev–Trinajstić information content (AvgIpc) is 2.41. The molecule has 1 aromatic carbocycles. The lowest BCUT2D eigenvalue weighted by Gasteiger charge is -2.30. The van der Waals surface area contributed by atoms with Gasteiger partial charge in [-0.3, -0.25) is 5.41 Å². The summed E-state index contributed by atoms with van der Waals surface area (Å²) in [5.74, 6) is 1.95. The molecule has 0 radical (unpaired) electrons. The summed E-state index contributed by atoms with van der Waals surface area (Å²) in [6.45, 7) is 2.22. The Kier molecular flexibility index (Phi) is 4.30. The van der Waals surface area contributed by atoms with Crippen molar-refractivity contribution in [2.45, 2.75) is 38.7 Å². The Morgan fingerprint density at radius 2 is 2.05 bits per heavy atom. The lowest BCUT2D eigenvalue weighted by Crippen LogP contribution is -2.29. The first-order chi connectivity index (χ1) is 9.11. The van der Waals surface area contributed by atoms with Crippen LogP contribution in [0.4, 0.5) is 0 Å². The lowest BCUT2D eigenvalue weighted by molar-refractivity contribution is 0.102. The molecule has 2 atom stereocenters. The predicted molar refractivity (Wildman–Crippen MR) is 76.1 cm³/mol. The van der Waals surface area contributed by atoms with E-state index in [-0.39, 0.29) is 11.9 Å². The highest BCUT2D eigenvalue weighted by Gasteiger charge is 2.24. The van der Waals surface area contributed by atoms with Gasteiger partial charge in [0.25, 0.3) is 0 Å². The van der Waals surface area contributed by atoms with Crippen molar-refractivity contribution in [3.05, 3.63) is 23.8 Å². The van der Waals surface area contributed by atoms with Crippen LogP contribution in [0.15, 0.2) is 18.2 Å². The van der Waals surface area contributed by atoms with Crippen LogP contribution >= 0.6 is 0 Å². The maximum atomic E-state index is 7.63. The van der Waals surface area contributed by atoms with Gasteiger partial charge in [0.05, 0.1) is 12.7 Å². The van der Waals surface area contributed by atoms with Crippen molar-refractivity contribution in [3.8, 4) is 11.5 Å². The number of benzene rings is 1. The first kappa shape index (κ1) is 13.7. The number of hydrogen-bond acceptors (Lipinski definition) is 3. The van der Waals surface area contributed by atoms with Gasteiger partial charge in [0.1, 0.15) is 23.4 Å². The average molecular weight is 262 g/mol. The molecule has 0 bridgehead atoms. The van der Waals surface area contributed by atoms with Crippen LogP contribution in [0.3, 0.4) is 0 Å². The van der Waals surface area contributed by atoms with Gasteiger partial charge in [0, 0.05) is 6.07 Å². The van der Waals surface area contributed by atoms with E-state index in [1.165, 1.54) is 19.3 Å². The highest BCUT2D eigenvalue weighted by atomic mass is 16.5. The van der Waals surface area contributed by atoms with Gasteiger partial charge in [-0.2, -0.15) is 0 Å². The minimum absolute atomic E-state index is 0.0288. The van der Waals surface area contributed by atoms with Crippen molar-refractivity contribution < 1.29 is 9.47 Å². The molecule has 1 saturated carbocycles. The number of rotatable bonds is 4. The van der Waals surface area contributed by atoms with E-state index >= 15 is 0 Å². The van der Waals surface area contributed by atoms with Crippen LogP contribution in [0.2, 0.25) is 0 Å². The molecule has 0 aliphatic heterocycles. The topological polar surface area (TPSA) is 68.3 Å². The number of nitrogen functional groups attached to an aromatic ring is 1. The van der Waals surface area contributed by atoms with E-state index in [1.54, 1.807) is 19.2 Å². The first-order valence-electron chi connectivity index (χ1n) is 6.81. The Morgan fingerprint density at radius 3 is 2.68 bits per heavy atom. The van der Waals surface area contributed by atoms with Crippen LogP contribution in [-0.4, -0.2) is 19.0 Å². The Bertz CT molecular complexity index is 459. The fourth-order valence-corrected chi connectivity index (χ4v) is 2.57. The molecule has 0 saturated heterocycles. The van der Waals surface area contributed by atoms with E-state index < -0.39 is 0 Å². The predicted octanol–water partition coefficient (Wildman–Crippen LogP) is 2.94. The number of methoxy groups -OCH3 is 1. The van der Waals surface area contributed by atoms with Crippen molar-refractivity contribution in [1.29, 1.82) is 5.41 Å². The molecular weight excluding hydrogens is 240 g/mol. The SMILES string of the molecule is COc1ccc(C(=N)N)c(OC2CCCCC2C)c1. The van der Waals surface area contributed by atoms with Gasteiger partial charge in [-0.1, -0.05) is 13.3 Å². The summed E-state index contributed by atoms with van der Waals surface area (Å²) >= 11 is 0. The van der Waals surface area contributed by atoms with Crippen LogP contribution in [0.1, 0.15) is 38.2 Å². The molecule has 19 heavy (non-hydrogen) atoms. The molecule has 4 heteroatoms. The van der Waals surface area contributed by atoms with Gasteiger partial charge in [0.15, 0.2) is 0 Å². The molecule has 4 nitrogen and oxygen atoms in total. The molecule has 3 N–H and O–H groups in total. The molecule has 1 fully saturated rings. The normalized spacial score (nSPS) is 22.8. The Morgan fingerprint density at radius 1 is 1.32 bits per heavy atom. The van der Waals surface area contributed by atoms with Crippen molar-refractivity contribution in [2.75, 3.05) is 7.11 Å². The Labute approximate surface area is 114 Å². The molecule has 0 amide bonds. The monoisotopic (exact) mass is 262 g/mol. The molecule has 0 aromatic heterocycles. The second-order valence-electron chi connectivity index (χ2n) is 5.19. The molecule has 2 rings (SSSR count). The van der Waals surface area contributed by atoms with Gasteiger partial charge in [0.2, 0.25) is 0 Å². The highest BCUT2D eigenvalue weighted by Crippen LogP contribution is 2.31. The second kappa shape index (κ2) is 5.95. The summed E-state index contributed by atoms with van der Waals surface area (Å²) < 4.78 is 11.3. The van der Waals surface area contributed by atoms with Gasteiger partial charge in [-0.25, -0.2) is 0 Å². The number of nitrogens with two attached hydrogens (primary N) is 1. The number of amidine groups is 1. The van der Waals surface area contributed by atoms with Crippen molar-refractivity contribution in [2.24, 2.45) is 11.7 Å². The van der Waals surface area contributed by atoms with Crippen LogP contribution in [0.5, 0.6) is 11.5 Å². The van der Waals surface area contributed by atoms with E-state index in [1.807, 2.05) is 6.07 Å². The minimum Gasteiger partial charge on any atom is -0.497 e. The molecular formula is C15H22N2O2. The summed E-state index contributed by atoms with van der Waals surface area (Å²) in [7, 11) is 1.62. The van der Waals surface area contributed by atoms with E-state index in [9.17, 15) is 0 Å². The van der Waals surface area contributed by atoms with Gasteiger partial charge < -0.3 is 15.2 Å². The Balaban J connectivity index is 2.23. The second-order valence-corrected chi connectivity index (χ2v) is 5.19.